The maximum atomic E-state index is 10.7. The van der Waals surface area contributed by atoms with Gasteiger partial charge in [-0.25, -0.2) is 9.80 Å². The summed E-state index contributed by atoms with van der Waals surface area (Å²) in [6, 6.07) is 4.99. The van der Waals surface area contributed by atoms with Crippen molar-refractivity contribution < 1.29 is 9.90 Å². The Morgan fingerprint density at radius 1 is 1.43 bits per heavy atom. The van der Waals surface area contributed by atoms with Crippen LogP contribution in [-0.4, -0.2) is 30.2 Å². The maximum Gasteiger partial charge on any atom is 0.335 e. The summed E-state index contributed by atoms with van der Waals surface area (Å²) in [6.45, 7) is 1.87. The summed E-state index contributed by atoms with van der Waals surface area (Å²) in [4.78, 5) is 10.7. The van der Waals surface area contributed by atoms with Crippen LogP contribution in [0, 0.1) is 6.92 Å². The second-order valence-corrected chi connectivity index (χ2v) is 3.34. The summed E-state index contributed by atoms with van der Waals surface area (Å²) >= 11 is 0. The highest BCUT2D eigenvalue weighted by Crippen LogP contribution is 2.16. The monoisotopic (exact) mass is 194 g/mol. The lowest BCUT2D eigenvalue weighted by Gasteiger charge is -2.15. The van der Waals surface area contributed by atoms with Crippen molar-refractivity contribution in [1.29, 1.82) is 0 Å². The number of aryl methyl sites for hydroxylation is 1. The Morgan fingerprint density at radius 2 is 2.07 bits per heavy atom. The molecule has 0 bridgehead atoms. The molecule has 0 aliphatic rings. The fourth-order valence-corrected chi connectivity index (χ4v) is 1.16. The number of aromatic carboxylic acids is 1. The van der Waals surface area contributed by atoms with Gasteiger partial charge in [0.25, 0.3) is 0 Å². The number of rotatable bonds is 3. The Labute approximate surface area is 83.1 Å². The van der Waals surface area contributed by atoms with Gasteiger partial charge in [-0.1, -0.05) is 0 Å². The zero-order chi connectivity index (χ0) is 10.7. The van der Waals surface area contributed by atoms with Gasteiger partial charge in [-0.05, 0) is 30.7 Å². The van der Waals surface area contributed by atoms with Gasteiger partial charge in [0.15, 0.2) is 0 Å². The van der Waals surface area contributed by atoms with E-state index in [1.54, 1.807) is 18.2 Å². The van der Waals surface area contributed by atoms with Gasteiger partial charge in [0, 0.05) is 14.1 Å². The number of nitrogens with one attached hydrogen (secondary N) is 1. The maximum absolute atomic E-state index is 10.7. The Balaban J connectivity index is 2.95. The molecule has 0 saturated carbocycles. The molecule has 14 heavy (non-hydrogen) atoms. The van der Waals surface area contributed by atoms with E-state index in [4.69, 9.17) is 5.11 Å². The molecule has 1 aromatic carbocycles. The standard InChI is InChI=1S/C10H14N2O2/c1-7-6-8(10(13)14)4-5-9(7)11-12(2)3/h4-6,11H,1-3H3,(H,13,14). The molecule has 76 valence electrons. The summed E-state index contributed by atoms with van der Waals surface area (Å²) in [7, 11) is 3.76. The molecule has 0 amide bonds. The molecule has 0 saturated heterocycles. The quantitative estimate of drug-likeness (QED) is 0.717. The van der Waals surface area contributed by atoms with Crippen LogP contribution < -0.4 is 5.43 Å². The van der Waals surface area contributed by atoms with Crippen molar-refractivity contribution in [2.75, 3.05) is 19.5 Å². The highest BCUT2D eigenvalue weighted by Gasteiger charge is 2.05. The first-order valence-corrected chi connectivity index (χ1v) is 4.28. The number of carboxylic acid groups (broad SMARTS) is 1. The van der Waals surface area contributed by atoms with E-state index in [2.05, 4.69) is 5.43 Å². The second-order valence-electron chi connectivity index (χ2n) is 3.34. The van der Waals surface area contributed by atoms with E-state index >= 15 is 0 Å². The Kier molecular flexibility index (Phi) is 3.09. The van der Waals surface area contributed by atoms with Crippen molar-refractivity contribution in [1.82, 2.24) is 5.01 Å². The second kappa shape index (κ2) is 4.11. The molecule has 2 N–H and O–H groups in total. The van der Waals surface area contributed by atoms with Crippen LogP contribution in [0.1, 0.15) is 15.9 Å². The minimum absolute atomic E-state index is 0.312. The van der Waals surface area contributed by atoms with Crippen molar-refractivity contribution in [3.63, 3.8) is 0 Å². The van der Waals surface area contributed by atoms with Crippen molar-refractivity contribution in [2.24, 2.45) is 0 Å². The number of nitrogens with zero attached hydrogens (tertiary/aromatic N) is 1. The number of hydrogen-bond donors (Lipinski definition) is 2. The highest BCUT2D eigenvalue weighted by atomic mass is 16.4. The SMILES string of the molecule is Cc1cc(C(=O)O)ccc1NN(C)C. The first kappa shape index (κ1) is 10.5. The molecule has 0 fully saturated rings. The summed E-state index contributed by atoms with van der Waals surface area (Å²) in [6.07, 6.45) is 0. The van der Waals surface area contributed by atoms with E-state index in [9.17, 15) is 4.79 Å². The van der Waals surface area contributed by atoms with Crippen molar-refractivity contribution in [2.45, 2.75) is 6.92 Å². The predicted octanol–water partition coefficient (Wildman–Crippen LogP) is 1.58. The number of hydrogen-bond acceptors (Lipinski definition) is 3. The van der Waals surface area contributed by atoms with Crippen molar-refractivity contribution in [3.8, 4) is 0 Å². The molecule has 0 radical (unpaired) electrons. The molecule has 1 rings (SSSR count). The molecule has 0 aliphatic heterocycles. The number of carbonyl (C=O) groups is 1. The van der Waals surface area contributed by atoms with Gasteiger partial charge in [0.2, 0.25) is 0 Å². The van der Waals surface area contributed by atoms with Gasteiger partial charge >= 0.3 is 5.97 Å². The lowest BCUT2D eigenvalue weighted by molar-refractivity contribution is 0.0697. The molecule has 0 spiro atoms. The van der Waals surface area contributed by atoms with Crippen molar-refractivity contribution >= 4 is 11.7 Å². The Hall–Kier alpha value is -1.55. The first-order chi connectivity index (χ1) is 6.50. The number of benzene rings is 1. The average Bonchev–Trinajstić information content (AvgIpc) is 2.07. The first-order valence-electron chi connectivity index (χ1n) is 4.28. The summed E-state index contributed by atoms with van der Waals surface area (Å²) < 4.78 is 0. The van der Waals surface area contributed by atoms with Gasteiger partial charge in [-0.3, -0.25) is 0 Å². The summed E-state index contributed by atoms with van der Waals surface area (Å²) in [5.74, 6) is -0.899. The molecular formula is C10H14N2O2. The minimum atomic E-state index is -0.899. The smallest absolute Gasteiger partial charge is 0.335 e. The molecule has 4 heteroatoms. The molecule has 0 atom stereocenters. The number of anilines is 1. The Morgan fingerprint density at radius 3 is 2.50 bits per heavy atom. The van der Waals surface area contributed by atoms with Crippen LogP contribution in [0.3, 0.4) is 0 Å². The van der Waals surface area contributed by atoms with Crippen LogP contribution >= 0.6 is 0 Å². The normalized spacial score (nSPS) is 10.3. The van der Waals surface area contributed by atoms with E-state index in [-0.39, 0.29) is 0 Å². The molecular weight excluding hydrogens is 180 g/mol. The highest BCUT2D eigenvalue weighted by molar-refractivity contribution is 5.88. The van der Waals surface area contributed by atoms with Crippen molar-refractivity contribution in [3.05, 3.63) is 29.3 Å². The minimum Gasteiger partial charge on any atom is -0.478 e. The molecule has 0 unspecified atom stereocenters. The third kappa shape index (κ3) is 2.47. The Bertz CT molecular complexity index is 348. The molecule has 1 aromatic rings. The summed E-state index contributed by atoms with van der Waals surface area (Å²) in [5.41, 5.74) is 5.22. The molecule has 0 aromatic heterocycles. The average molecular weight is 194 g/mol. The van der Waals surface area contributed by atoms with E-state index in [1.807, 2.05) is 26.0 Å². The third-order valence-electron chi connectivity index (χ3n) is 1.82. The van der Waals surface area contributed by atoms with Crippen LogP contribution in [0.5, 0.6) is 0 Å². The van der Waals surface area contributed by atoms with E-state index in [0.29, 0.717) is 5.56 Å². The lowest BCUT2D eigenvalue weighted by atomic mass is 10.1. The van der Waals surface area contributed by atoms with Gasteiger partial charge in [-0.15, -0.1) is 0 Å². The van der Waals surface area contributed by atoms with Crippen LogP contribution in [0.4, 0.5) is 5.69 Å². The van der Waals surface area contributed by atoms with Crippen LogP contribution in [0.2, 0.25) is 0 Å². The predicted molar refractivity (Wildman–Crippen MR) is 55.4 cm³/mol. The van der Waals surface area contributed by atoms with E-state index in [1.165, 1.54) is 0 Å². The lowest BCUT2D eigenvalue weighted by Crippen LogP contribution is -2.20. The largest absolute Gasteiger partial charge is 0.478 e. The molecule has 4 nitrogen and oxygen atoms in total. The van der Waals surface area contributed by atoms with Gasteiger partial charge in [0.05, 0.1) is 11.3 Å². The number of hydrazine groups is 1. The van der Waals surface area contributed by atoms with Crippen LogP contribution in [-0.2, 0) is 0 Å². The number of carboxylic acids is 1. The molecule has 0 aliphatic carbocycles. The zero-order valence-electron chi connectivity index (χ0n) is 8.53. The fourth-order valence-electron chi connectivity index (χ4n) is 1.16. The van der Waals surface area contributed by atoms with Gasteiger partial charge in [0.1, 0.15) is 0 Å². The third-order valence-corrected chi connectivity index (χ3v) is 1.82. The van der Waals surface area contributed by atoms with Crippen LogP contribution in [0.15, 0.2) is 18.2 Å². The summed E-state index contributed by atoms with van der Waals surface area (Å²) in [5, 5.41) is 10.6. The fraction of sp³-hybridized carbons (Fsp3) is 0.300. The van der Waals surface area contributed by atoms with Crippen LogP contribution in [0.25, 0.3) is 0 Å². The van der Waals surface area contributed by atoms with Gasteiger partial charge in [-0.2, -0.15) is 0 Å². The molecule has 0 heterocycles. The van der Waals surface area contributed by atoms with E-state index < -0.39 is 5.97 Å². The van der Waals surface area contributed by atoms with Gasteiger partial charge < -0.3 is 10.5 Å². The topological polar surface area (TPSA) is 52.6 Å². The zero-order valence-corrected chi connectivity index (χ0v) is 8.53. The van der Waals surface area contributed by atoms with E-state index in [0.717, 1.165) is 11.3 Å².